The molecular formula is C17H29NO2. The van der Waals surface area contributed by atoms with Gasteiger partial charge in [0.25, 0.3) is 0 Å². The molecule has 2 atom stereocenters. The second kappa shape index (κ2) is 8.28. The second-order valence-electron chi connectivity index (χ2n) is 5.78. The van der Waals surface area contributed by atoms with E-state index in [0.29, 0.717) is 19.1 Å². The summed E-state index contributed by atoms with van der Waals surface area (Å²) in [6.07, 6.45) is 2.90. The molecule has 0 bridgehead atoms. The van der Waals surface area contributed by atoms with Crippen molar-refractivity contribution < 1.29 is 9.84 Å². The number of ether oxygens (including phenoxy) is 1. The summed E-state index contributed by atoms with van der Waals surface area (Å²) in [6.45, 7) is 9.45. The van der Waals surface area contributed by atoms with Crippen LogP contribution in [0, 0.1) is 0 Å². The standard InChI is InChI=1S/C17H29NO2/c1-5-17(4,19)13-20-16-11-9-15(10-12-16)8-7-14(3)18-6-2/h9-12,14,18-19H,5-8,13H2,1-4H3. The molecule has 0 saturated carbocycles. The molecule has 0 aromatic heterocycles. The van der Waals surface area contributed by atoms with Gasteiger partial charge in [-0.05, 0) is 57.4 Å². The van der Waals surface area contributed by atoms with E-state index in [2.05, 4.69) is 31.3 Å². The zero-order chi connectivity index (χ0) is 15.0. The van der Waals surface area contributed by atoms with Gasteiger partial charge in [0.15, 0.2) is 0 Å². The Bertz CT molecular complexity index is 373. The van der Waals surface area contributed by atoms with Gasteiger partial charge in [-0.1, -0.05) is 26.0 Å². The van der Waals surface area contributed by atoms with E-state index in [-0.39, 0.29) is 0 Å². The molecule has 0 spiro atoms. The van der Waals surface area contributed by atoms with Gasteiger partial charge < -0.3 is 15.2 Å². The second-order valence-corrected chi connectivity index (χ2v) is 5.78. The highest BCUT2D eigenvalue weighted by atomic mass is 16.5. The molecule has 0 aliphatic rings. The van der Waals surface area contributed by atoms with Crippen LogP contribution in [0.2, 0.25) is 0 Å². The van der Waals surface area contributed by atoms with Crippen molar-refractivity contribution in [1.29, 1.82) is 0 Å². The van der Waals surface area contributed by atoms with E-state index >= 15 is 0 Å². The number of hydrogen-bond acceptors (Lipinski definition) is 3. The van der Waals surface area contributed by atoms with E-state index in [1.807, 2.05) is 19.1 Å². The van der Waals surface area contributed by atoms with Crippen LogP contribution >= 0.6 is 0 Å². The van der Waals surface area contributed by atoms with E-state index in [1.165, 1.54) is 5.56 Å². The van der Waals surface area contributed by atoms with Gasteiger partial charge in [-0.15, -0.1) is 0 Å². The van der Waals surface area contributed by atoms with Crippen molar-refractivity contribution in [1.82, 2.24) is 5.32 Å². The molecule has 1 aromatic carbocycles. The largest absolute Gasteiger partial charge is 0.491 e. The van der Waals surface area contributed by atoms with Crippen molar-refractivity contribution >= 4 is 0 Å². The summed E-state index contributed by atoms with van der Waals surface area (Å²) in [5.41, 5.74) is 0.573. The Hall–Kier alpha value is -1.06. The summed E-state index contributed by atoms with van der Waals surface area (Å²) in [7, 11) is 0. The van der Waals surface area contributed by atoms with Crippen molar-refractivity contribution in [3.8, 4) is 5.75 Å². The first-order valence-corrected chi connectivity index (χ1v) is 7.64. The highest BCUT2D eigenvalue weighted by molar-refractivity contribution is 5.27. The van der Waals surface area contributed by atoms with Crippen molar-refractivity contribution in [3.63, 3.8) is 0 Å². The van der Waals surface area contributed by atoms with Crippen LogP contribution in [-0.2, 0) is 6.42 Å². The molecule has 0 radical (unpaired) electrons. The molecule has 0 amide bonds. The van der Waals surface area contributed by atoms with Crippen molar-refractivity contribution in [2.75, 3.05) is 13.2 Å². The normalized spacial score (nSPS) is 15.7. The molecule has 0 fully saturated rings. The fourth-order valence-corrected chi connectivity index (χ4v) is 1.93. The lowest BCUT2D eigenvalue weighted by Gasteiger charge is -2.21. The third kappa shape index (κ3) is 6.40. The van der Waals surface area contributed by atoms with Crippen LogP contribution in [0.15, 0.2) is 24.3 Å². The highest BCUT2D eigenvalue weighted by Gasteiger charge is 2.18. The molecule has 0 aliphatic heterocycles. The first kappa shape index (κ1) is 17.0. The molecule has 0 aliphatic carbocycles. The Labute approximate surface area is 123 Å². The maximum Gasteiger partial charge on any atom is 0.119 e. The molecule has 0 saturated heterocycles. The van der Waals surface area contributed by atoms with Gasteiger partial charge in [-0.2, -0.15) is 0 Å². The first-order chi connectivity index (χ1) is 9.46. The first-order valence-electron chi connectivity index (χ1n) is 7.64. The minimum atomic E-state index is -0.750. The average molecular weight is 279 g/mol. The molecule has 0 heterocycles. The number of rotatable bonds is 9. The van der Waals surface area contributed by atoms with Crippen LogP contribution in [0.3, 0.4) is 0 Å². The predicted octanol–water partition coefficient (Wildman–Crippen LogP) is 3.16. The zero-order valence-corrected chi connectivity index (χ0v) is 13.3. The van der Waals surface area contributed by atoms with Crippen molar-refractivity contribution in [2.24, 2.45) is 0 Å². The topological polar surface area (TPSA) is 41.5 Å². The summed E-state index contributed by atoms with van der Waals surface area (Å²) in [4.78, 5) is 0. The van der Waals surface area contributed by atoms with Crippen LogP contribution in [0.5, 0.6) is 5.75 Å². The number of hydrogen-bond donors (Lipinski definition) is 2. The van der Waals surface area contributed by atoms with Crippen molar-refractivity contribution in [3.05, 3.63) is 29.8 Å². The molecular weight excluding hydrogens is 250 g/mol. The monoisotopic (exact) mass is 279 g/mol. The van der Waals surface area contributed by atoms with E-state index in [1.54, 1.807) is 6.92 Å². The van der Waals surface area contributed by atoms with Gasteiger partial charge in [0, 0.05) is 6.04 Å². The number of nitrogens with one attached hydrogen (secondary N) is 1. The van der Waals surface area contributed by atoms with Crippen LogP contribution in [0.1, 0.15) is 46.1 Å². The third-order valence-electron chi connectivity index (χ3n) is 3.65. The molecule has 1 aromatic rings. The number of benzene rings is 1. The highest BCUT2D eigenvalue weighted by Crippen LogP contribution is 2.17. The lowest BCUT2D eigenvalue weighted by molar-refractivity contribution is 0.00846. The zero-order valence-electron chi connectivity index (χ0n) is 13.3. The molecule has 114 valence electrons. The fraction of sp³-hybridized carbons (Fsp3) is 0.647. The fourth-order valence-electron chi connectivity index (χ4n) is 1.93. The van der Waals surface area contributed by atoms with Gasteiger partial charge >= 0.3 is 0 Å². The Kier molecular flexibility index (Phi) is 7.03. The molecule has 3 heteroatoms. The van der Waals surface area contributed by atoms with E-state index < -0.39 is 5.60 Å². The van der Waals surface area contributed by atoms with E-state index in [4.69, 9.17) is 4.74 Å². The van der Waals surface area contributed by atoms with E-state index in [0.717, 1.165) is 25.1 Å². The quantitative estimate of drug-likeness (QED) is 0.729. The van der Waals surface area contributed by atoms with Crippen LogP contribution in [-0.4, -0.2) is 29.9 Å². The van der Waals surface area contributed by atoms with Crippen molar-refractivity contribution in [2.45, 2.75) is 58.6 Å². The van der Waals surface area contributed by atoms with Gasteiger partial charge in [-0.3, -0.25) is 0 Å². The van der Waals surface area contributed by atoms with Crippen LogP contribution < -0.4 is 10.1 Å². The van der Waals surface area contributed by atoms with Crippen LogP contribution in [0.4, 0.5) is 0 Å². The Morgan fingerprint density at radius 1 is 1.25 bits per heavy atom. The molecule has 2 unspecified atom stereocenters. The maximum absolute atomic E-state index is 9.90. The average Bonchev–Trinajstić information content (AvgIpc) is 2.44. The SMILES string of the molecule is CCNC(C)CCc1ccc(OCC(C)(O)CC)cc1. The smallest absolute Gasteiger partial charge is 0.119 e. The summed E-state index contributed by atoms with van der Waals surface area (Å²) in [5, 5.41) is 13.3. The molecule has 20 heavy (non-hydrogen) atoms. The lowest BCUT2D eigenvalue weighted by atomic mass is 10.1. The molecule has 1 rings (SSSR count). The molecule has 3 nitrogen and oxygen atoms in total. The van der Waals surface area contributed by atoms with Gasteiger partial charge in [0.1, 0.15) is 12.4 Å². The van der Waals surface area contributed by atoms with Crippen LogP contribution in [0.25, 0.3) is 0 Å². The van der Waals surface area contributed by atoms with Gasteiger partial charge in [0.05, 0.1) is 5.60 Å². The number of aliphatic hydroxyl groups is 1. The minimum absolute atomic E-state index is 0.334. The number of aryl methyl sites for hydroxylation is 1. The summed E-state index contributed by atoms with van der Waals surface area (Å²) >= 11 is 0. The Balaban J connectivity index is 2.40. The summed E-state index contributed by atoms with van der Waals surface area (Å²) < 4.78 is 5.62. The predicted molar refractivity (Wildman–Crippen MR) is 84.3 cm³/mol. The minimum Gasteiger partial charge on any atom is -0.491 e. The lowest BCUT2D eigenvalue weighted by Crippen LogP contribution is -2.31. The van der Waals surface area contributed by atoms with Gasteiger partial charge in [0.2, 0.25) is 0 Å². The summed E-state index contributed by atoms with van der Waals surface area (Å²) in [5.74, 6) is 0.821. The Morgan fingerprint density at radius 2 is 1.90 bits per heavy atom. The van der Waals surface area contributed by atoms with E-state index in [9.17, 15) is 5.11 Å². The van der Waals surface area contributed by atoms with Gasteiger partial charge in [-0.25, -0.2) is 0 Å². The third-order valence-corrected chi connectivity index (χ3v) is 3.65. The molecule has 2 N–H and O–H groups in total. The maximum atomic E-state index is 9.90. The Morgan fingerprint density at radius 3 is 2.45 bits per heavy atom. The summed E-state index contributed by atoms with van der Waals surface area (Å²) in [6, 6.07) is 8.73.